The molecular formula is C19H21N3O3. The molecule has 1 aliphatic carbocycles. The van der Waals surface area contributed by atoms with Gasteiger partial charge in [-0.15, -0.1) is 0 Å². The van der Waals surface area contributed by atoms with Crippen LogP contribution < -0.4 is 15.6 Å². The van der Waals surface area contributed by atoms with Crippen LogP contribution in [0.2, 0.25) is 0 Å². The number of fused-ring (bicyclic) bond motifs is 2. The van der Waals surface area contributed by atoms with E-state index in [0.717, 1.165) is 54.7 Å². The van der Waals surface area contributed by atoms with E-state index in [1.54, 1.807) is 6.07 Å². The van der Waals surface area contributed by atoms with Gasteiger partial charge in [0.15, 0.2) is 0 Å². The number of para-hydroxylation sites is 1. The van der Waals surface area contributed by atoms with Crippen molar-refractivity contribution >= 4 is 5.91 Å². The molecule has 1 amide bonds. The summed E-state index contributed by atoms with van der Waals surface area (Å²) in [5, 5.41) is 7.23. The monoisotopic (exact) mass is 339 g/mol. The molecule has 25 heavy (non-hydrogen) atoms. The number of hydrogen-bond donors (Lipinski definition) is 1. The smallest absolute Gasteiger partial charge is 0.267 e. The zero-order chi connectivity index (χ0) is 17.2. The van der Waals surface area contributed by atoms with Gasteiger partial charge in [-0.05, 0) is 42.9 Å². The molecule has 6 heteroatoms. The van der Waals surface area contributed by atoms with Crippen LogP contribution in [0.4, 0.5) is 0 Å². The fourth-order valence-electron chi connectivity index (χ4n) is 3.50. The van der Waals surface area contributed by atoms with Crippen molar-refractivity contribution in [2.75, 3.05) is 6.54 Å². The second-order valence-electron chi connectivity index (χ2n) is 6.68. The summed E-state index contributed by atoms with van der Waals surface area (Å²) in [6.07, 6.45) is 4.70. The van der Waals surface area contributed by atoms with Crippen molar-refractivity contribution in [3.8, 4) is 5.75 Å². The van der Waals surface area contributed by atoms with Gasteiger partial charge in [0.2, 0.25) is 5.91 Å². The molecule has 6 nitrogen and oxygen atoms in total. The molecule has 0 saturated carbocycles. The molecule has 0 spiro atoms. The van der Waals surface area contributed by atoms with Gasteiger partial charge in [-0.1, -0.05) is 18.2 Å². The number of carbonyl (C=O) groups excluding carboxylic acids is 1. The molecule has 0 unspecified atom stereocenters. The minimum atomic E-state index is -0.218. The summed E-state index contributed by atoms with van der Waals surface area (Å²) >= 11 is 0. The predicted molar refractivity (Wildman–Crippen MR) is 92.7 cm³/mol. The molecule has 2 aliphatic rings. The molecule has 1 aromatic carbocycles. The second-order valence-corrected chi connectivity index (χ2v) is 6.68. The van der Waals surface area contributed by atoms with Gasteiger partial charge in [0.25, 0.3) is 5.56 Å². The Morgan fingerprint density at radius 3 is 2.96 bits per heavy atom. The molecule has 1 aliphatic heterocycles. The zero-order valence-corrected chi connectivity index (χ0v) is 14.0. The fraction of sp³-hybridized carbons (Fsp3) is 0.421. The number of carbonyl (C=O) groups is 1. The Balaban J connectivity index is 1.35. The van der Waals surface area contributed by atoms with E-state index in [9.17, 15) is 9.59 Å². The summed E-state index contributed by atoms with van der Waals surface area (Å²) in [6, 6.07) is 9.53. The molecule has 0 saturated heterocycles. The summed E-state index contributed by atoms with van der Waals surface area (Å²) in [7, 11) is 0. The van der Waals surface area contributed by atoms with Crippen molar-refractivity contribution in [2.45, 2.75) is 44.8 Å². The van der Waals surface area contributed by atoms with E-state index in [-0.39, 0.29) is 24.1 Å². The summed E-state index contributed by atoms with van der Waals surface area (Å²) in [6.45, 7) is 0.374. The highest BCUT2D eigenvalue weighted by molar-refractivity contribution is 5.75. The van der Waals surface area contributed by atoms with Gasteiger partial charge in [0.1, 0.15) is 18.4 Å². The second kappa shape index (κ2) is 6.70. The predicted octanol–water partition coefficient (Wildman–Crippen LogP) is 1.24. The Bertz CT molecular complexity index is 834. The number of nitrogens with one attached hydrogen (secondary N) is 1. The van der Waals surface area contributed by atoms with Crippen LogP contribution in [-0.2, 0) is 30.6 Å². The number of aromatic nitrogens is 2. The maximum atomic E-state index is 12.2. The molecule has 0 bridgehead atoms. The first-order chi connectivity index (χ1) is 12.2. The van der Waals surface area contributed by atoms with Crippen LogP contribution in [0, 0.1) is 0 Å². The number of hydrogen-bond acceptors (Lipinski definition) is 4. The van der Waals surface area contributed by atoms with Gasteiger partial charge in [-0.25, -0.2) is 4.68 Å². The molecule has 1 aromatic heterocycles. The van der Waals surface area contributed by atoms with Gasteiger partial charge in [-0.3, -0.25) is 9.59 Å². The third-order valence-corrected chi connectivity index (χ3v) is 4.81. The number of benzene rings is 1. The molecular weight excluding hydrogens is 318 g/mol. The summed E-state index contributed by atoms with van der Waals surface area (Å²) < 4.78 is 7.07. The van der Waals surface area contributed by atoms with E-state index >= 15 is 0 Å². The number of amides is 1. The topological polar surface area (TPSA) is 73.2 Å². The lowest BCUT2D eigenvalue weighted by Crippen LogP contribution is -2.39. The van der Waals surface area contributed by atoms with E-state index in [0.29, 0.717) is 6.54 Å². The number of ether oxygens (including phenoxy) is 1. The SMILES string of the molecule is O=C(Cn1nc2c(cc1=O)CCCC2)NC[C@H]1Cc2ccccc2O1. The standard InChI is InChI=1S/C19H21N3O3/c23-18(20-11-15-9-14-6-2-4-8-17(14)25-15)12-22-19(24)10-13-5-1-3-7-16(13)21-22/h2,4,6,8,10,15H,1,3,5,7,9,11-12H2,(H,20,23)/t15-/m1/s1. The van der Waals surface area contributed by atoms with Crippen molar-refractivity contribution in [3.63, 3.8) is 0 Å². The molecule has 2 heterocycles. The van der Waals surface area contributed by atoms with E-state index in [4.69, 9.17) is 4.74 Å². The highest BCUT2D eigenvalue weighted by Gasteiger charge is 2.23. The lowest BCUT2D eigenvalue weighted by atomic mass is 9.97. The van der Waals surface area contributed by atoms with Crippen molar-refractivity contribution in [1.82, 2.24) is 15.1 Å². The van der Waals surface area contributed by atoms with Crippen LogP contribution in [0.5, 0.6) is 5.75 Å². The van der Waals surface area contributed by atoms with Crippen LogP contribution >= 0.6 is 0 Å². The molecule has 130 valence electrons. The lowest BCUT2D eigenvalue weighted by Gasteiger charge is -2.16. The highest BCUT2D eigenvalue weighted by atomic mass is 16.5. The van der Waals surface area contributed by atoms with Crippen LogP contribution in [0.15, 0.2) is 35.1 Å². The largest absolute Gasteiger partial charge is 0.488 e. The number of rotatable bonds is 4. The average Bonchev–Trinajstić information content (AvgIpc) is 3.03. The van der Waals surface area contributed by atoms with E-state index in [1.807, 2.05) is 24.3 Å². The first-order valence-electron chi connectivity index (χ1n) is 8.80. The van der Waals surface area contributed by atoms with Gasteiger partial charge in [0, 0.05) is 12.5 Å². The average molecular weight is 339 g/mol. The molecule has 1 atom stereocenters. The number of aryl methyl sites for hydroxylation is 2. The zero-order valence-electron chi connectivity index (χ0n) is 14.0. The van der Waals surface area contributed by atoms with Crippen LogP contribution in [0.3, 0.4) is 0 Å². The summed E-state index contributed by atoms with van der Waals surface area (Å²) in [5.74, 6) is 0.666. The van der Waals surface area contributed by atoms with Crippen molar-refractivity contribution in [1.29, 1.82) is 0 Å². The summed E-state index contributed by atoms with van der Waals surface area (Å²) in [4.78, 5) is 24.3. The minimum Gasteiger partial charge on any atom is -0.488 e. The lowest BCUT2D eigenvalue weighted by molar-refractivity contribution is -0.122. The third kappa shape index (κ3) is 3.43. The molecule has 0 radical (unpaired) electrons. The maximum Gasteiger partial charge on any atom is 0.267 e. The Morgan fingerprint density at radius 2 is 2.08 bits per heavy atom. The van der Waals surface area contributed by atoms with Gasteiger partial charge < -0.3 is 10.1 Å². The van der Waals surface area contributed by atoms with Gasteiger partial charge in [-0.2, -0.15) is 5.10 Å². The van der Waals surface area contributed by atoms with E-state index in [2.05, 4.69) is 10.4 Å². The van der Waals surface area contributed by atoms with Gasteiger partial charge in [0.05, 0.1) is 12.2 Å². The van der Waals surface area contributed by atoms with E-state index < -0.39 is 0 Å². The van der Waals surface area contributed by atoms with E-state index in [1.165, 1.54) is 4.68 Å². The Kier molecular flexibility index (Phi) is 4.26. The maximum absolute atomic E-state index is 12.2. The Hall–Kier alpha value is -2.63. The first kappa shape index (κ1) is 15.9. The Labute approximate surface area is 145 Å². The third-order valence-electron chi connectivity index (χ3n) is 4.81. The Morgan fingerprint density at radius 1 is 1.24 bits per heavy atom. The van der Waals surface area contributed by atoms with Crippen LogP contribution in [0.25, 0.3) is 0 Å². The summed E-state index contributed by atoms with van der Waals surface area (Å²) in [5.41, 5.74) is 2.94. The highest BCUT2D eigenvalue weighted by Crippen LogP contribution is 2.27. The number of nitrogens with zero attached hydrogens (tertiary/aromatic N) is 2. The quantitative estimate of drug-likeness (QED) is 0.910. The van der Waals surface area contributed by atoms with Crippen molar-refractivity contribution in [3.05, 3.63) is 57.5 Å². The van der Waals surface area contributed by atoms with Gasteiger partial charge >= 0.3 is 0 Å². The van der Waals surface area contributed by atoms with Crippen molar-refractivity contribution < 1.29 is 9.53 Å². The van der Waals surface area contributed by atoms with Crippen LogP contribution in [-0.4, -0.2) is 28.3 Å². The molecule has 2 aromatic rings. The van der Waals surface area contributed by atoms with Crippen molar-refractivity contribution in [2.24, 2.45) is 0 Å². The fourth-order valence-corrected chi connectivity index (χ4v) is 3.50. The minimum absolute atomic E-state index is 0.0498. The molecule has 4 rings (SSSR count). The normalized spacial score (nSPS) is 18.2. The molecule has 1 N–H and O–H groups in total. The first-order valence-corrected chi connectivity index (χ1v) is 8.80. The van der Waals surface area contributed by atoms with Crippen LogP contribution in [0.1, 0.15) is 29.7 Å². The molecule has 0 fully saturated rings.